The molecule has 2 aromatic carbocycles. The van der Waals surface area contributed by atoms with Crippen LogP contribution in [0.5, 0.6) is 11.5 Å². The summed E-state index contributed by atoms with van der Waals surface area (Å²) in [5.41, 5.74) is 4.51. The highest BCUT2D eigenvalue weighted by molar-refractivity contribution is 5.48. The van der Waals surface area contributed by atoms with E-state index in [9.17, 15) is 20.4 Å². The second kappa shape index (κ2) is 7.98. The highest BCUT2D eigenvalue weighted by Crippen LogP contribution is 2.47. The van der Waals surface area contributed by atoms with Crippen molar-refractivity contribution in [1.82, 2.24) is 0 Å². The maximum absolute atomic E-state index is 10.9. The van der Waals surface area contributed by atoms with E-state index in [4.69, 9.17) is 18.9 Å². The first-order valence-corrected chi connectivity index (χ1v) is 10.9. The SMILES string of the molecule is Cc1cc2c(cc1Cc1ccc3c(c1)OCCO3)[C@]1(OC2)O[C@H]([C@@H](C)O)[C@@H](O)[C@H](O)[C@H]1O. The highest BCUT2D eigenvalue weighted by atomic mass is 16.7. The Kier molecular flexibility index (Phi) is 5.40. The lowest BCUT2D eigenvalue weighted by Crippen LogP contribution is -2.64. The van der Waals surface area contributed by atoms with Crippen LogP contribution in [-0.2, 0) is 28.3 Å². The summed E-state index contributed by atoms with van der Waals surface area (Å²) in [7, 11) is 0. The van der Waals surface area contributed by atoms with Crippen LogP contribution in [0.15, 0.2) is 30.3 Å². The van der Waals surface area contributed by atoms with Gasteiger partial charge in [-0.05, 0) is 60.7 Å². The normalized spacial score (nSPS) is 32.1. The van der Waals surface area contributed by atoms with Gasteiger partial charge in [-0.15, -0.1) is 0 Å². The van der Waals surface area contributed by atoms with Crippen molar-refractivity contribution >= 4 is 0 Å². The summed E-state index contributed by atoms with van der Waals surface area (Å²) in [5.74, 6) is -0.214. The van der Waals surface area contributed by atoms with E-state index in [1.54, 1.807) is 0 Å². The van der Waals surface area contributed by atoms with Crippen LogP contribution in [0, 0.1) is 6.92 Å². The van der Waals surface area contributed by atoms with E-state index >= 15 is 0 Å². The Morgan fingerprint density at radius 2 is 1.78 bits per heavy atom. The molecule has 0 aliphatic carbocycles. The molecule has 0 amide bonds. The zero-order valence-electron chi connectivity index (χ0n) is 18.0. The lowest BCUT2D eigenvalue weighted by atomic mass is 9.84. The van der Waals surface area contributed by atoms with Crippen LogP contribution in [-0.4, -0.2) is 64.2 Å². The topological polar surface area (TPSA) is 118 Å². The van der Waals surface area contributed by atoms with Gasteiger partial charge >= 0.3 is 0 Å². The predicted octanol–water partition coefficient (Wildman–Crippen LogP) is 0.902. The first-order chi connectivity index (χ1) is 15.3. The van der Waals surface area contributed by atoms with E-state index in [2.05, 4.69) is 0 Å². The van der Waals surface area contributed by atoms with E-state index in [0.717, 1.165) is 33.8 Å². The summed E-state index contributed by atoms with van der Waals surface area (Å²) in [6.45, 7) is 4.71. The Balaban J connectivity index is 1.51. The molecule has 3 aliphatic rings. The van der Waals surface area contributed by atoms with Crippen molar-refractivity contribution in [2.24, 2.45) is 0 Å². The number of aliphatic hydroxyl groups excluding tert-OH is 4. The Hall–Kier alpha value is -2.20. The van der Waals surface area contributed by atoms with Gasteiger partial charge in [0.2, 0.25) is 5.79 Å². The molecular weight excluding hydrogens is 416 g/mol. The minimum Gasteiger partial charge on any atom is -0.486 e. The third-order valence-corrected chi connectivity index (χ3v) is 6.57. The zero-order chi connectivity index (χ0) is 22.6. The van der Waals surface area contributed by atoms with Crippen LogP contribution < -0.4 is 9.47 Å². The molecule has 0 saturated carbocycles. The first kappa shape index (κ1) is 21.6. The van der Waals surface area contributed by atoms with Crippen LogP contribution >= 0.6 is 0 Å². The number of benzene rings is 2. The van der Waals surface area contributed by atoms with Gasteiger partial charge in [0.15, 0.2) is 11.5 Å². The molecule has 1 spiro atoms. The molecule has 5 rings (SSSR count). The summed E-state index contributed by atoms with van der Waals surface area (Å²) in [6.07, 6.45) is -6.06. The lowest BCUT2D eigenvalue weighted by Gasteiger charge is -2.47. The molecule has 0 unspecified atom stereocenters. The van der Waals surface area contributed by atoms with Gasteiger partial charge in [0.05, 0.1) is 12.7 Å². The van der Waals surface area contributed by atoms with Crippen molar-refractivity contribution in [2.75, 3.05) is 13.2 Å². The smallest absolute Gasteiger partial charge is 0.225 e. The Bertz CT molecular complexity index is 1020. The number of rotatable bonds is 3. The van der Waals surface area contributed by atoms with Crippen molar-refractivity contribution in [3.05, 3.63) is 58.1 Å². The average Bonchev–Trinajstić information content (AvgIpc) is 3.13. The molecule has 1 saturated heterocycles. The number of aryl methyl sites for hydroxylation is 1. The van der Waals surface area contributed by atoms with Crippen LogP contribution in [0.3, 0.4) is 0 Å². The molecule has 0 aromatic heterocycles. The van der Waals surface area contributed by atoms with E-state index in [-0.39, 0.29) is 6.61 Å². The molecule has 1 fully saturated rings. The van der Waals surface area contributed by atoms with Gasteiger partial charge < -0.3 is 39.4 Å². The van der Waals surface area contributed by atoms with E-state index < -0.39 is 36.3 Å². The molecule has 0 radical (unpaired) electrons. The van der Waals surface area contributed by atoms with E-state index in [1.165, 1.54) is 6.92 Å². The zero-order valence-corrected chi connectivity index (χ0v) is 18.0. The van der Waals surface area contributed by atoms with Crippen molar-refractivity contribution in [3.63, 3.8) is 0 Å². The van der Waals surface area contributed by atoms with Gasteiger partial charge in [-0.25, -0.2) is 0 Å². The second-order valence-corrected chi connectivity index (χ2v) is 8.80. The van der Waals surface area contributed by atoms with Crippen molar-refractivity contribution in [1.29, 1.82) is 0 Å². The molecule has 0 bridgehead atoms. The average molecular weight is 444 g/mol. The molecule has 172 valence electrons. The number of hydrogen-bond donors (Lipinski definition) is 4. The van der Waals surface area contributed by atoms with Gasteiger partial charge in [0.1, 0.15) is 37.6 Å². The van der Waals surface area contributed by atoms with Crippen molar-refractivity contribution < 1.29 is 39.4 Å². The fourth-order valence-corrected chi connectivity index (χ4v) is 4.80. The predicted molar refractivity (Wildman–Crippen MR) is 112 cm³/mol. The minimum atomic E-state index is -1.66. The lowest BCUT2D eigenvalue weighted by molar-refractivity contribution is -0.374. The maximum Gasteiger partial charge on any atom is 0.225 e. The molecule has 8 nitrogen and oxygen atoms in total. The fourth-order valence-electron chi connectivity index (χ4n) is 4.80. The summed E-state index contributed by atoms with van der Waals surface area (Å²) in [4.78, 5) is 0. The van der Waals surface area contributed by atoms with Crippen LogP contribution in [0.4, 0.5) is 0 Å². The molecular formula is C24H28O8. The van der Waals surface area contributed by atoms with Gasteiger partial charge in [-0.1, -0.05) is 12.1 Å². The second-order valence-electron chi connectivity index (χ2n) is 8.80. The van der Waals surface area contributed by atoms with Gasteiger partial charge in [0, 0.05) is 5.56 Å². The molecule has 3 aliphatic heterocycles. The summed E-state index contributed by atoms with van der Waals surface area (Å²) < 4.78 is 23.2. The Morgan fingerprint density at radius 1 is 1.03 bits per heavy atom. The highest BCUT2D eigenvalue weighted by Gasteiger charge is 2.59. The molecule has 2 aromatic rings. The maximum atomic E-state index is 10.9. The number of fused-ring (bicyclic) bond motifs is 3. The minimum absolute atomic E-state index is 0.187. The molecule has 4 N–H and O–H groups in total. The standard InChI is InChI=1S/C24H28O8/c1-12-7-16-11-31-24(23(28)21(27)20(26)22(32-24)13(2)25)17(16)10-15(12)8-14-3-4-18-19(9-14)30-6-5-29-18/h3-4,7,9-10,13,20-23,25-28H,5-6,8,11H2,1-2H3/t13-,20+,21+,22-,23-,24+/m1/s1. The molecule has 32 heavy (non-hydrogen) atoms. The van der Waals surface area contributed by atoms with Crippen LogP contribution in [0.1, 0.15) is 34.7 Å². The third kappa shape index (κ3) is 3.39. The van der Waals surface area contributed by atoms with Crippen LogP contribution in [0.25, 0.3) is 0 Å². The van der Waals surface area contributed by atoms with Gasteiger partial charge in [0.25, 0.3) is 0 Å². The molecule has 3 heterocycles. The monoisotopic (exact) mass is 444 g/mol. The largest absolute Gasteiger partial charge is 0.486 e. The van der Waals surface area contributed by atoms with Gasteiger partial charge in [-0.2, -0.15) is 0 Å². The summed E-state index contributed by atoms with van der Waals surface area (Å²) in [6, 6.07) is 9.75. The Labute approximate surface area is 185 Å². The quantitative estimate of drug-likeness (QED) is 0.552. The van der Waals surface area contributed by atoms with E-state index in [0.29, 0.717) is 25.2 Å². The number of aliphatic hydroxyl groups is 4. The fraction of sp³-hybridized carbons (Fsp3) is 0.500. The first-order valence-electron chi connectivity index (χ1n) is 10.9. The number of ether oxygens (including phenoxy) is 4. The summed E-state index contributed by atoms with van der Waals surface area (Å²) >= 11 is 0. The third-order valence-electron chi connectivity index (χ3n) is 6.57. The number of hydrogen-bond acceptors (Lipinski definition) is 8. The molecule has 8 heteroatoms. The van der Waals surface area contributed by atoms with Gasteiger partial charge in [-0.3, -0.25) is 0 Å². The summed E-state index contributed by atoms with van der Waals surface area (Å²) in [5, 5.41) is 41.7. The van der Waals surface area contributed by atoms with Crippen molar-refractivity contribution in [3.8, 4) is 11.5 Å². The van der Waals surface area contributed by atoms with E-state index in [1.807, 2.05) is 37.3 Å². The van der Waals surface area contributed by atoms with Crippen LogP contribution in [0.2, 0.25) is 0 Å². The Morgan fingerprint density at radius 3 is 2.53 bits per heavy atom. The molecule has 6 atom stereocenters. The van der Waals surface area contributed by atoms with Crippen molar-refractivity contribution in [2.45, 2.75) is 63.2 Å².